The first-order valence-electron chi connectivity index (χ1n) is 11.2. The Kier molecular flexibility index (Phi) is 3.94. The van der Waals surface area contributed by atoms with Crippen LogP contribution in [0.3, 0.4) is 0 Å². The van der Waals surface area contributed by atoms with Crippen LogP contribution in [0.15, 0.2) is 35.1 Å². The summed E-state index contributed by atoms with van der Waals surface area (Å²) in [4.78, 5) is 49.5. The standard InChI is InChI=1S/C24H24N4O4/c25-20-19-17(22(31)26-23(19)32)8-18(29)28(20)16-3-1-15(2-4-16)21(30)27-24-9-12-5-13(10-24)7-14(6-12)11-24/h1-4,8,12-14H,5-7,9-11,25H2,(H,27,30)(H,26,31,32). The number of aromatic nitrogens is 1. The number of nitrogen functional groups attached to an aromatic ring is 1. The fraction of sp³-hybridized carbons (Fsp3) is 0.417. The van der Waals surface area contributed by atoms with E-state index in [9.17, 15) is 19.2 Å². The minimum Gasteiger partial charge on any atom is -0.384 e. The molecule has 32 heavy (non-hydrogen) atoms. The molecule has 0 unspecified atom stereocenters. The predicted molar refractivity (Wildman–Crippen MR) is 117 cm³/mol. The van der Waals surface area contributed by atoms with Crippen LogP contribution in [0.1, 0.15) is 69.6 Å². The van der Waals surface area contributed by atoms with Crippen LogP contribution in [-0.4, -0.2) is 27.8 Å². The Morgan fingerprint density at radius 1 is 0.969 bits per heavy atom. The molecule has 1 aromatic heterocycles. The lowest BCUT2D eigenvalue weighted by Crippen LogP contribution is -2.59. The first kappa shape index (κ1) is 19.3. The number of imide groups is 1. The van der Waals surface area contributed by atoms with Gasteiger partial charge in [0.25, 0.3) is 23.3 Å². The van der Waals surface area contributed by atoms with Crippen molar-refractivity contribution in [3.63, 3.8) is 0 Å². The third kappa shape index (κ3) is 2.82. The molecule has 5 aliphatic rings. The molecule has 4 N–H and O–H groups in total. The molecule has 1 aliphatic heterocycles. The molecule has 4 fully saturated rings. The molecule has 7 rings (SSSR count). The van der Waals surface area contributed by atoms with Gasteiger partial charge in [0.05, 0.1) is 16.8 Å². The number of fused-ring (bicyclic) bond motifs is 1. The van der Waals surface area contributed by atoms with Crippen LogP contribution < -0.4 is 21.9 Å². The van der Waals surface area contributed by atoms with E-state index in [1.54, 1.807) is 24.3 Å². The van der Waals surface area contributed by atoms with Gasteiger partial charge in [-0.25, -0.2) is 0 Å². The van der Waals surface area contributed by atoms with Crippen LogP contribution in [0.25, 0.3) is 5.69 Å². The highest BCUT2D eigenvalue weighted by molar-refractivity contribution is 6.23. The number of carbonyl (C=O) groups excluding carboxylic acids is 3. The van der Waals surface area contributed by atoms with Gasteiger partial charge < -0.3 is 11.1 Å². The number of amides is 3. The van der Waals surface area contributed by atoms with Crippen molar-refractivity contribution in [2.75, 3.05) is 5.73 Å². The first-order valence-corrected chi connectivity index (χ1v) is 11.2. The Morgan fingerprint density at radius 2 is 1.56 bits per heavy atom. The van der Waals surface area contributed by atoms with Crippen molar-refractivity contribution in [2.45, 2.75) is 44.1 Å². The van der Waals surface area contributed by atoms with Crippen LogP contribution in [0.5, 0.6) is 0 Å². The fourth-order valence-electron chi connectivity index (χ4n) is 6.88. The van der Waals surface area contributed by atoms with Crippen molar-refractivity contribution in [1.82, 2.24) is 15.2 Å². The quantitative estimate of drug-likeness (QED) is 0.640. The zero-order valence-corrected chi connectivity index (χ0v) is 17.5. The molecule has 1 aromatic carbocycles. The van der Waals surface area contributed by atoms with Gasteiger partial charge in [0, 0.05) is 17.2 Å². The number of nitrogens with zero attached hydrogens (tertiary/aromatic N) is 1. The summed E-state index contributed by atoms with van der Waals surface area (Å²) in [5.74, 6) is 0.771. The van der Waals surface area contributed by atoms with Gasteiger partial charge >= 0.3 is 0 Å². The molecule has 2 heterocycles. The fourth-order valence-corrected chi connectivity index (χ4v) is 6.88. The van der Waals surface area contributed by atoms with Gasteiger partial charge in [-0.15, -0.1) is 0 Å². The number of benzene rings is 1. The molecular formula is C24H24N4O4. The summed E-state index contributed by atoms with van der Waals surface area (Å²) < 4.78 is 1.18. The van der Waals surface area contributed by atoms with E-state index >= 15 is 0 Å². The number of rotatable bonds is 3. The summed E-state index contributed by atoms with van der Waals surface area (Å²) in [5, 5.41) is 5.50. The highest BCUT2D eigenvalue weighted by Gasteiger charge is 2.51. The lowest BCUT2D eigenvalue weighted by molar-refractivity contribution is -0.0167. The molecular weight excluding hydrogens is 408 g/mol. The number of carbonyl (C=O) groups is 3. The second-order valence-electron chi connectivity index (χ2n) is 9.97. The van der Waals surface area contributed by atoms with Crippen LogP contribution in [-0.2, 0) is 0 Å². The minimum absolute atomic E-state index is 0.00163. The van der Waals surface area contributed by atoms with Crippen LogP contribution >= 0.6 is 0 Å². The van der Waals surface area contributed by atoms with Gasteiger partial charge in [-0.1, -0.05) is 0 Å². The summed E-state index contributed by atoms with van der Waals surface area (Å²) >= 11 is 0. The molecule has 0 spiro atoms. The molecule has 0 saturated heterocycles. The van der Waals surface area contributed by atoms with Gasteiger partial charge in [0.15, 0.2) is 0 Å². The molecule has 0 atom stereocenters. The zero-order valence-electron chi connectivity index (χ0n) is 17.5. The molecule has 4 bridgehead atoms. The van der Waals surface area contributed by atoms with Crippen LogP contribution in [0.2, 0.25) is 0 Å². The molecule has 0 radical (unpaired) electrons. The Balaban J connectivity index is 1.27. The normalized spacial score (nSPS) is 29.7. The SMILES string of the molecule is Nc1c2c(cc(=O)n1-c1ccc(C(=O)NC34CC5CC(CC(C5)C3)C4)cc1)C(=O)NC2=O. The van der Waals surface area contributed by atoms with E-state index in [1.165, 1.54) is 23.8 Å². The molecule has 8 nitrogen and oxygen atoms in total. The monoisotopic (exact) mass is 432 g/mol. The maximum Gasteiger partial charge on any atom is 0.262 e. The topological polar surface area (TPSA) is 123 Å². The molecule has 8 heteroatoms. The van der Waals surface area contributed by atoms with Gasteiger partial charge in [0.2, 0.25) is 0 Å². The van der Waals surface area contributed by atoms with Crippen molar-refractivity contribution in [3.05, 3.63) is 57.4 Å². The van der Waals surface area contributed by atoms with E-state index in [4.69, 9.17) is 5.73 Å². The first-order chi connectivity index (χ1) is 15.3. The second-order valence-corrected chi connectivity index (χ2v) is 9.97. The molecule has 3 amide bonds. The van der Waals surface area contributed by atoms with Crippen molar-refractivity contribution in [1.29, 1.82) is 0 Å². The third-order valence-electron chi connectivity index (χ3n) is 7.76. The lowest BCUT2D eigenvalue weighted by atomic mass is 9.53. The molecule has 164 valence electrons. The lowest BCUT2D eigenvalue weighted by Gasteiger charge is -2.56. The Hall–Kier alpha value is -3.42. The largest absolute Gasteiger partial charge is 0.384 e. The molecule has 4 saturated carbocycles. The molecule has 4 aliphatic carbocycles. The van der Waals surface area contributed by atoms with Crippen LogP contribution in [0.4, 0.5) is 5.82 Å². The highest BCUT2D eigenvalue weighted by atomic mass is 16.2. The number of nitrogens with one attached hydrogen (secondary N) is 2. The van der Waals surface area contributed by atoms with E-state index in [-0.39, 0.29) is 28.4 Å². The number of nitrogens with two attached hydrogens (primary N) is 1. The average Bonchev–Trinajstić information content (AvgIpc) is 3.00. The van der Waals surface area contributed by atoms with Gasteiger partial charge in [0.1, 0.15) is 5.82 Å². The maximum absolute atomic E-state index is 13.0. The summed E-state index contributed by atoms with van der Waals surface area (Å²) in [6.07, 6.45) is 7.15. The van der Waals surface area contributed by atoms with Crippen LogP contribution in [0, 0.1) is 17.8 Å². The van der Waals surface area contributed by atoms with Gasteiger partial charge in [-0.2, -0.15) is 0 Å². The second kappa shape index (κ2) is 6.54. The number of hydrogen-bond donors (Lipinski definition) is 3. The average molecular weight is 432 g/mol. The summed E-state index contributed by atoms with van der Waals surface area (Å²) in [6.45, 7) is 0. The smallest absolute Gasteiger partial charge is 0.262 e. The molecule has 2 aromatic rings. The van der Waals surface area contributed by atoms with Gasteiger partial charge in [-0.3, -0.25) is 29.1 Å². The van der Waals surface area contributed by atoms with E-state index in [2.05, 4.69) is 10.6 Å². The third-order valence-corrected chi connectivity index (χ3v) is 7.76. The van der Waals surface area contributed by atoms with Crippen molar-refractivity contribution >= 4 is 23.5 Å². The highest BCUT2D eigenvalue weighted by Crippen LogP contribution is 2.55. The summed E-state index contributed by atoms with van der Waals surface area (Å²) in [5.41, 5.74) is 6.42. The van der Waals surface area contributed by atoms with E-state index in [1.807, 2.05) is 0 Å². The Bertz CT molecular complexity index is 1210. The maximum atomic E-state index is 13.0. The Morgan fingerprint density at radius 3 is 2.16 bits per heavy atom. The van der Waals surface area contributed by atoms with Crippen molar-refractivity contribution < 1.29 is 14.4 Å². The summed E-state index contributed by atoms with van der Waals surface area (Å²) in [7, 11) is 0. The zero-order chi connectivity index (χ0) is 22.2. The Labute approximate surface area is 184 Å². The van der Waals surface area contributed by atoms with Crippen molar-refractivity contribution in [3.8, 4) is 5.69 Å². The minimum atomic E-state index is -0.627. The number of hydrogen-bond acceptors (Lipinski definition) is 5. The predicted octanol–water partition coefficient (Wildman–Crippen LogP) is 2.00. The number of pyridine rings is 1. The van der Waals surface area contributed by atoms with E-state index in [0.717, 1.165) is 43.1 Å². The summed E-state index contributed by atoms with van der Waals surface area (Å²) in [6, 6.07) is 7.70. The van der Waals surface area contributed by atoms with E-state index < -0.39 is 17.4 Å². The number of anilines is 1. The van der Waals surface area contributed by atoms with Gasteiger partial charge in [-0.05, 0) is 80.5 Å². The van der Waals surface area contributed by atoms with Crippen molar-refractivity contribution in [2.24, 2.45) is 17.8 Å². The van der Waals surface area contributed by atoms with E-state index in [0.29, 0.717) is 11.3 Å².